The number of nitrogens with one attached hydrogen (secondary N) is 1. The first-order chi connectivity index (χ1) is 8.70. The monoisotopic (exact) mass is 286 g/mol. The summed E-state index contributed by atoms with van der Waals surface area (Å²) in [6.07, 6.45) is 2.63. The molecular weight excluding hydrogens is 264 g/mol. The summed E-state index contributed by atoms with van der Waals surface area (Å²) in [6.45, 7) is 9.25. The molecule has 0 saturated carbocycles. The number of piperidine rings is 1. The van der Waals surface area contributed by atoms with Crippen LogP contribution in [-0.2, 0) is 0 Å². The largest absolute Gasteiger partial charge is 0.317 e. The third kappa shape index (κ3) is 3.70. The van der Waals surface area contributed by atoms with Gasteiger partial charge in [0.2, 0.25) is 0 Å². The Bertz CT molecular complexity index is 360. The molecule has 1 N–H and O–H groups in total. The predicted molar refractivity (Wildman–Crippen MR) is 80.6 cm³/mol. The van der Waals surface area contributed by atoms with Gasteiger partial charge in [-0.25, -0.2) is 0 Å². The zero-order valence-electron chi connectivity index (χ0n) is 11.3. The molecule has 0 spiro atoms. The van der Waals surface area contributed by atoms with Crippen molar-refractivity contribution in [2.75, 3.05) is 26.2 Å². The van der Waals surface area contributed by atoms with Crippen LogP contribution < -0.4 is 5.32 Å². The standard InChI is InChI=1S/C14H23ClN2S/c1-3-17(10-12-6-8-16-9-7-12)11(2)13-4-5-14(15)18-13/h4-5,11-12,16H,3,6-10H2,1-2H3. The van der Waals surface area contributed by atoms with Crippen molar-refractivity contribution in [1.82, 2.24) is 10.2 Å². The number of rotatable bonds is 5. The van der Waals surface area contributed by atoms with Crippen LogP contribution in [0.15, 0.2) is 12.1 Å². The van der Waals surface area contributed by atoms with Gasteiger partial charge in [-0.15, -0.1) is 11.3 Å². The van der Waals surface area contributed by atoms with E-state index < -0.39 is 0 Å². The van der Waals surface area contributed by atoms with E-state index in [1.165, 1.54) is 37.4 Å². The molecule has 2 nitrogen and oxygen atoms in total. The van der Waals surface area contributed by atoms with E-state index in [-0.39, 0.29) is 0 Å². The molecular formula is C14H23ClN2S. The fourth-order valence-corrected chi connectivity index (χ4v) is 3.84. The van der Waals surface area contributed by atoms with Crippen molar-refractivity contribution in [1.29, 1.82) is 0 Å². The Kier molecular flexibility index (Phi) is 5.49. The van der Waals surface area contributed by atoms with E-state index in [0.29, 0.717) is 6.04 Å². The summed E-state index contributed by atoms with van der Waals surface area (Å²) in [5.74, 6) is 0.851. The maximum atomic E-state index is 6.04. The first kappa shape index (κ1) is 14.3. The van der Waals surface area contributed by atoms with Gasteiger partial charge in [0.15, 0.2) is 0 Å². The van der Waals surface area contributed by atoms with E-state index in [9.17, 15) is 0 Å². The van der Waals surface area contributed by atoms with Gasteiger partial charge in [0.05, 0.1) is 4.34 Å². The molecule has 2 rings (SSSR count). The molecule has 1 unspecified atom stereocenters. The van der Waals surface area contributed by atoms with E-state index in [1.54, 1.807) is 11.3 Å². The van der Waals surface area contributed by atoms with E-state index >= 15 is 0 Å². The second-order valence-electron chi connectivity index (χ2n) is 5.10. The van der Waals surface area contributed by atoms with Crippen LogP contribution in [0.3, 0.4) is 0 Å². The number of hydrogen-bond acceptors (Lipinski definition) is 3. The molecule has 102 valence electrons. The lowest BCUT2D eigenvalue weighted by atomic mass is 9.97. The summed E-state index contributed by atoms with van der Waals surface area (Å²) in [6, 6.07) is 4.67. The zero-order chi connectivity index (χ0) is 13.0. The van der Waals surface area contributed by atoms with Crippen molar-refractivity contribution < 1.29 is 0 Å². The Morgan fingerprint density at radius 3 is 2.72 bits per heavy atom. The van der Waals surface area contributed by atoms with Crippen LogP contribution in [0.4, 0.5) is 0 Å². The number of halogens is 1. The van der Waals surface area contributed by atoms with E-state index in [1.807, 2.05) is 6.07 Å². The average molecular weight is 287 g/mol. The van der Waals surface area contributed by atoms with Crippen LogP contribution in [0, 0.1) is 5.92 Å². The SMILES string of the molecule is CCN(CC1CCNCC1)C(C)c1ccc(Cl)s1. The van der Waals surface area contributed by atoms with Gasteiger partial charge in [0.1, 0.15) is 0 Å². The maximum absolute atomic E-state index is 6.04. The molecule has 4 heteroatoms. The lowest BCUT2D eigenvalue weighted by molar-refractivity contribution is 0.171. The third-order valence-electron chi connectivity index (χ3n) is 3.91. The first-order valence-electron chi connectivity index (χ1n) is 6.90. The van der Waals surface area contributed by atoms with Gasteiger partial charge < -0.3 is 5.32 Å². The molecule has 1 aromatic heterocycles. The van der Waals surface area contributed by atoms with Crippen molar-refractivity contribution in [2.45, 2.75) is 32.7 Å². The molecule has 0 amide bonds. The molecule has 0 aromatic carbocycles. The minimum absolute atomic E-state index is 0.488. The second kappa shape index (κ2) is 6.90. The molecule has 1 saturated heterocycles. The van der Waals surface area contributed by atoms with Gasteiger partial charge in [-0.3, -0.25) is 4.90 Å². The Hall–Kier alpha value is -0.0900. The summed E-state index contributed by atoms with van der Waals surface area (Å²) in [5.41, 5.74) is 0. The average Bonchev–Trinajstić information content (AvgIpc) is 2.83. The molecule has 2 heterocycles. The highest BCUT2D eigenvalue weighted by Gasteiger charge is 2.21. The van der Waals surface area contributed by atoms with Gasteiger partial charge in [-0.05, 0) is 57.5 Å². The van der Waals surface area contributed by atoms with E-state index in [0.717, 1.165) is 16.8 Å². The lowest BCUT2D eigenvalue weighted by Gasteiger charge is -2.33. The summed E-state index contributed by atoms with van der Waals surface area (Å²) >= 11 is 7.75. The molecule has 1 aromatic rings. The maximum Gasteiger partial charge on any atom is 0.0931 e. The van der Waals surface area contributed by atoms with Gasteiger partial charge in [0, 0.05) is 17.5 Å². The van der Waals surface area contributed by atoms with Crippen molar-refractivity contribution in [3.63, 3.8) is 0 Å². The molecule has 0 aliphatic carbocycles. The predicted octanol–water partition coefficient (Wildman–Crippen LogP) is 3.78. The molecule has 1 fully saturated rings. The fourth-order valence-electron chi connectivity index (χ4n) is 2.69. The Balaban J connectivity index is 1.94. The highest BCUT2D eigenvalue weighted by atomic mass is 35.5. The van der Waals surface area contributed by atoms with Crippen LogP contribution in [0.25, 0.3) is 0 Å². The van der Waals surface area contributed by atoms with Crippen LogP contribution in [-0.4, -0.2) is 31.1 Å². The summed E-state index contributed by atoms with van der Waals surface area (Å²) in [5, 5.41) is 3.44. The topological polar surface area (TPSA) is 15.3 Å². The normalized spacial score (nSPS) is 19.3. The number of thiophene rings is 1. The Labute approximate surface area is 119 Å². The quantitative estimate of drug-likeness (QED) is 0.886. The molecule has 1 aliphatic rings. The molecule has 1 atom stereocenters. The van der Waals surface area contributed by atoms with Crippen LogP contribution in [0.1, 0.15) is 37.6 Å². The number of hydrogen-bond donors (Lipinski definition) is 1. The van der Waals surface area contributed by atoms with Crippen molar-refractivity contribution >= 4 is 22.9 Å². The van der Waals surface area contributed by atoms with Crippen LogP contribution in [0.5, 0.6) is 0 Å². The molecule has 18 heavy (non-hydrogen) atoms. The first-order valence-corrected chi connectivity index (χ1v) is 8.10. The van der Waals surface area contributed by atoms with Crippen molar-refractivity contribution in [3.8, 4) is 0 Å². The van der Waals surface area contributed by atoms with Crippen molar-refractivity contribution in [2.24, 2.45) is 5.92 Å². The van der Waals surface area contributed by atoms with Gasteiger partial charge in [-0.1, -0.05) is 18.5 Å². The zero-order valence-corrected chi connectivity index (χ0v) is 12.9. The molecule has 1 aliphatic heterocycles. The Morgan fingerprint density at radius 1 is 1.44 bits per heavy atom. The lowest BCUT2D eigenvalue weighted by Crippen LogP contribution is -2.37. The molecule has 0 bridgehead atoms. The minimum Gasteiger partial charge on any atom is -0.317 e. The van der Waals surface area contributed by atoms with Gasteiger partial charge >= 0.3 is 0 Å². The van der Waals surface area contributed by atoms with E-state index in [2.05, 4.69) is 30.1 Å². The smallest absolute Gasteiger partial charge is 0.0931 e. The van der Waals surface area contributed by atoms with Crippen LogP contribution >= 0.6 is 22.9 Å². The second-order valence-corrected chi connectivity index (χ2v) is 6.85. The molecule has 0 radical (unpaired) electrons. The summed E-state index contributed by atoms with van der Waals surface area (Å²) in [4.78, 5) is 3.97. The fraction of sp³-hybridized carbons (Fsp3) is 0.714. The minimum atomic E-state index is 0.488. The summed E-state index contributed by atoms with van der Waals surface area (Å²) in [7, 11) is 0. The van der Waals surface area contributed by atoms with Gasteiger partial charge in [-0.2, -0.15) is 0 Å². The summed E-state index contributed by atoms with van der Waals surface area (Å²) < 4.78 is 0.898. The van der Waals surface area contributed by atoms with Crippen LogP contribution in [0.2, 0.25) is 4.34 Å². The Morgan fingerprint density at radius 2 is 2.17 bits per heavy atom. The highest BCUT2D eigenvalue weighted by molar-refractivity contribution is 7.16. The van der Waals surface area contributed by atoms with Gasteiger partial charge in [0.25, 0.3) is 0 Å². The number of nitrogens with zero attached hydrogens (tertiary/aromatic N) is 1. The highest BCUT2D eigenvalue weighted by Crippen LogP contribution is 2.31. The van der Waals surface area contributed by atoms with E-state index in [4.69, 9.17) is 11.6 Å². The third-order valence-corrected chi connectivity index (χ3v) is 5.31. The van der Waals surface area contributed by atoms with Crippen molar-refractivity contribution in [3.05, 3.63) is 21.3 Å².